The average Bonchev–Trinajstić information content (AvgIpc) is 2.51. The van der Waals surface area contributed by atoms with Gasteiger partial charge in [-0.1, -0.05) is 20.8 Å². The van der Waals surface area contributed by atoms with Crippen LogP contribution in [0.5, 0.6) is 0 Å². The number of hydrogen-bond donors (Lipinski definition) is 1. The number of likely N-dealkylation sites (N-methyl/N-ethyl adjacent to an activating group) is 1. The summed E-state index contributed by atoms with van der Waals surface area (Å²) in [4.78, 5) is 11.1. The van der Waals surface area contributed by atoms with Crippen molar-refractivity contribution in [1.29, 1.82) is 0 Å². The molecule has 0 radical (unpaired) electrons. The van der Waals surface area contributed by atoms with Crippen LogP contribution >= 0.6 is 0 Å². The number of rotatable bonds is 2. The SMILES string of the molecule is CNC(=O)Cn1ccc(C(C)(C)C)n1. The lowest BCUT2D eigenvalue weighted by atomic mass is 9.93. The summed E-state index contributed by atoms with van der Waals surface area (Å²) in [5.74, 6) is -0.0337. The van der Waals surface area contributed by atoms with Gasteiger partial charge in [0.25, 0.3) is 0 Å². The topological polar surface area (TPSA) is 46.9 Å². The molecule has 1 amide bonds. The van der Waals surface area contributed by atoms with Gasteiger partial charge in [-0.15, -0.1) is 0 Å². The molecule has 4 nitrogen and oxygen atoms in total. The van der Waals surface area contributed by atoms with E-state index in [2.05, 4.69) is 31.2 Å². The number of nitrogens with zero attached hydrogens (tertiary/aromatic N) is 2. The quantitative estimate of drug-likeness (QED) is 0.763. The lowest BCUT2D eigenvalue weighted by molar-refractivity contribution is -0.121. The van der Waals surface area contributed by atoms with Crippen molar-refractivity contribution >= 4 is 5.91 Å². The van der Waals surface area contributed by atoms with Crippen LogP contribution in [-0.4, -0.2) is 22.7 Å². The van der Waals surface area contributed by atoms with Gasteiger partial charge in [0.1, 0.15) is 6.54 Å². The normalized spacial score (nSPS) is 11.4. The molecule has 1 aromatic rings. The van der Waals surface area contributed by atoms with Crippen molar-refractivity contribution < 1.29 is 4.79 Å². The number of hydrogen-bond acceptors (Lipinski definition) is 2. The van der Waals surface area contributed by atoms with Crippen LogP contribution in [0.1, 0.15) is 26.5 Å². The van der Waals surface area contributed by atoms with Crippen molar-refractivity contribution in [3.63, 3.8) is 0 Å². The molecule has 1 aromatic heterocycles. The Hall–Kier alpha value is -1.32. The molecule has 0 atom stereocenters. The Bertz CT molecular complexity index is 322. The van der Waals surface area contributed by atoms with Crippen LogP contribution in [0.4, 0.5) is 0 Å². The van der Waals surface area contributed by atoms with E-state index in [0.29, 0.717) is 0 Å². The van der Waals surface area contributed by atoms with Gasteiger partial charge in [-0.3, -0.25) is 9.48 Å². The molecule has 4 heteroatoms. The van der Waals surface area contributed by atoms with Crippen molar-refractivity contribution in [2.75, 3.05) is 7.05 Å². The van der Waals surface area contributed by atoms with E-state index in [-0.39, 0.29) is 17.9 Å². The minimum absolute atomic E-state index is 0.0337. The summed E-state index contributed by atoms with van der Waals surface area (Å²) in [6, 6.07) is 1.95. The largest absolute Gasteiger partial charge is 0.358 e. The molecule has 0 spiro atoms. The second-order valence-electron chi connectivity index (χ2n) is 4.32. The zero-order valence-electron chi connectivity index (χ0n) is 9.16. The van der Waals surface area contributed by atoms with Crippen molar-refractivity contribution in [3.05, 3.63) is 18.0 Å². The summed E-state index contributed by atoms with van der Waals surface area (Å²) < 4.78 is 1.65. The molecule has 14 heavy (non-hydrogen) atoms. The Morgan fingerprint density at radius 2 is 2.21 bits per heavy atom. The van der Waals surface area contributed by atoms with Gasteiger partial charge in [-0.05, 0) is 6.07 Å². The highest BCUT2D eigenvalue weighted by Crippen LogP contribution is 2.19. The van der Waals surface area contributed by atoms with Crippen LogP contribution in [-0.2, 0) is 16.8 Å². The van der Waals surface area contributed by atoms with Gasteiger partial charge in [-0.25, -0.2) is 0 Å². The fourth-order valence-electron chi connectivity index (χ4n) is 1.08. The van der Waals surface area contributed by atoms with Gasteiger partial charge in [0.15, 0.2) is 0 Å². The van der Waals surface area contributed by atoms with Crippen LogP contribution in [0, 0.1) is 0 Å². The zero-order valence-corrected chi connectivity index (χ0v) is 9.16. The van der Waals surface area contributed by atoms with Crippen LogP contribution in [0.3, 0.4) is 0 Å². The van der Waals surface area contributed by atoms with Crippen LogP contribution in [0.2, 0.25) is 0 Å². The van der Waals surface area contributed by atoms with Crippen molar-refractivity contribution in [2.45, 2.75) is 32.7 Å². The summed E-state index contributed by atoms with van der Waals surface area (Å²) in [5, 5.41) is 6.89. The van der Waals surface area contributed by atoms with E-state index >= 15 is 0 Å². The van der Waals surface area contributed by atoms with Gasteiger partial charge in [-0.2, -0.15) is 5.10 Å². The molecule has 0 fully saturated rings. The Morgan fingerprint density at radius 1 is 1.57 bits per heavy atom. The Balaban J connectivity index is 2.74. The Morgan fingerprint density at radius 3 is 2.64 bits per heavy atom. The van der Waals surface area contributed by atoms with Crippen LogP contribution in [0.25, 0.3) is 0 Å². The maximum Gasteiger partial charge on any atom is 0.241 e. The zero-order chi connectivity index (χ0) is 10.8. The molecule has 1 N–H and O–H groups in total. The summed E-state index contributed by atoms with van der Waals surface area (Å²) >= 11 is 0. The smallest absolute Gasteiger partial charge is 0.241 e. The minimum Gasteiger partial charge on any atom is -0.358 e. The molecule has 0 aliphatic rings. The third kappa shape index (κ3) is 2.58. The monoisotopic (exact) mass is 195 g/mol. The Labute approximate surface area is 84.3 Å². The van der Waals surface area contributed by atoms with E-state index in [1.54, 1.807) is 11.7 Å². The van der Waals surface area contributed by atoms with Gasteiger partial charge in [0, 0.05) is 18.7 Å². The molecule has 0 saturated carbocycles. The fourth-order valence-corrected chi connectivity index (χ4v) is 1.08. The first-order valence-electron chi connectivity index (χ1n) is 4.68. The highest BCUT2D eigenvalue weighted by molar-refractivity contribution is 5.75. The van der Waals surface area contributed by atoms with Crippen LogP contribution in [0.15, 0.2) is 12.3 Å². The summed E-state index contributed by atoms with van der Waals surface area (Å²) in [7, 11) is 1.62. The third-order valence-corrected chi connectivity index (χ3v) is 1.99. The number of carbonyl (C=O) groups is 1. The molecule has 0 unspecified atom stereocenters. The third-order valence-electron chi connectivity index (χ3n) is 1.99. The summed E-state index contributed by atoms with van der Waals surface area (Å²) in [6.45, 7) is 6.57. The average molecular weight is 195 g/mol. The number of carbonyl (C=O) groups excluding carboxylic acids is 1. The predicted octanol–water partition coefficient (Wildman–Crippen LogP) is 0.927. The molecule has 1 heterocycles. The molecule has 1 rings (SSSR count). The summed E-state index contributed by atoms with van der Waals surface area (Å²) in [5.41, 5.74) is 1.04. The van der Waals surface area contributed by atoms with Gasteiger partial charge in [0.05, 0.1) is 5.69 Å². The molecule has 0 aliphatic carbocycles. The molecular formula is C10H17N3O. The molecule has 0 saturated heterocycles. The molecule has 0 bridgehead atoms. The fraction of sp³-hybridized carbons (Fsp3) is 0.600. The van der Waals surface area contributed by atoms with E-state index in [0.717, 1.165) is 5.69 Å². The maximum atomic E-state index is 11.1. The minimum atomic E-state index is -0.0337. The molecule has 0 aromatic carbocycles. The lowest BCUT2D eigenvalue weighted by Crippen LogP contribution is -2.24. The van der Waals surface area contributed by atoms with Gasteiger partial charge >= 0.3 is 0 Å². The second-order valence-corrected chi connectivity index (χ2v) is 4.32. The second kappa shape index (κ2) is 3.82. The highest BCUT2D eigenvalue weighted by Gasteiger charge is 2.16. The number of amides is 1. The maximum absolute atomic E-state index is 11.1. The first-order valence-corrected chi connectivity index (χ1v) is 4.68. The van der Waals surface area contributed by atoms with Crippen molar-refractivity contribution in [2.24, 2.45) is 0 Å². The first-order chi connectivity index (χ1) is 6.43. The Kier molecular flexibility index (Phi) is 2.93. The standard InChI is InChI=1S/C10H17N3O/c1-10(2,3)8-5-6-13(12-8)7-9(14)11-4/h5-6H,7H2,1-4H3,(H,11,14). The summed E-state index contributed by atoms with van der Waals surface area (Å²) in [6.07, 6.45) is 1.83. The van der Waals surface area contributed by atoms with Crippen molar-refractivity contribution in [3.8, 4) is 0 Å². The lowest BCUT2D eigenvalue weighted by Gasteiger charge is -2.14. The van der Waals surface area contributed by atoms with Crippen LogP contribution < -0.4 is 5.32 Å². The van der Waals surface area contributed by atoms with E-state index in [4.69, 9.17) is 0 Å². The molecular weight excluding hydrogens is 178 g/mol. The number of aromatic nitrogens is 2. The van der Waals surface area contributed by atoms with Crippen molar-refractivity contribution in [1.82, 2.24) is 15.1 Å². The highest BCUT2D eigenvalue weighted by atomic mass is 16.1. The van der Waals surface area contributed by atoms with E-state index in [9.17, 15) is 4.79 Å². The predicted molar refractivity (Wildman–Crippen MR) is 55.0 cm³/mol. The van der Waals surface area contributed by atoms with E-state index < -0.39 is 0 Å². The first kappa shape index (κ1) is 10.8. The van der Waals surface area contributed by atoms with E-state index in [1.165, 1.54) is 0 Å². The number of nitrogens with one attached hydrogen (secondary N) is 1. The van der Waals surface area contributed by atoms with Gasteiger partial charge < -0.3 is 5.32 Å². The molecule has 0 aliphatic heterocycles. The molecule has 78 valence electrons. The van der Waals surface area contributed by atoms with E-state index in [1.807, 2.05) is 12.3 Å². The van der Waals surface area contributed by atoms with Gasteiger partial charge in [0.2, 0.25) is 5.91 Å².